The first-order chi connectivity index (χ1) is 6.81. The average Bonchev–Trinajstić information content (AvgIpc) is 2.18. The van der Waals surface area contributed by atoms with Gasteiger partial charge in [0.05, 0.1) is 0 Å². The monoisotopic (exact) mass is 271 g/mol. The van der Waals surface area contributed by atoms with Crippen LogP contribution >= 0.6 is 27.7 Å². The highest BCUT2D eigenvalue weighted by atomic mass is 79.9. The van der Waals surface area contributed by atoms with E-state index in [1.807, 2.05) is 18.8 Å². The zero-order valence-corrected chi connectivity index (χ0v) is 10.7. The molecule has 76 valence electrons. The second kappa shape index (κ2) is 4.69. The predicted octanol–water partition coefficient (Wildman–Crippen LogP) is 3.21. The number of hydrogen-bond acceptors (Lipinski definition) is 2. The molecular formula is C11H14BrNS. The molecule has 1 nitrogen and oxygen atoms in total. The Kier molecular flexibility index (Phi) is 3.52. The zero-order chi connectivity index (χ0) is 9.97. The van der Waals surface area contributed by atoms with Crippen molar-refractivity contribution in [1.29, 1.82) is 0 Å². The van der Waals surface area contributed by atoms with Crippen LogP contribution < -0.4 is 5.32 Å². The summed E-state index contributed by atoms with van der Waals surface area (Å²) >= 11 is 5.63. The lowest BCUT2D eigenvalue weighted by Crippen LogP contribution is -2.07. The van der Waals surface area contributed by atoms with Gasteiger partial charge in [0.2, 0.25) is 0 Å². The maximum absolute atomic E-state index is 3.65. The van der Waals surface area contributed by atoms with Crippen molar-refractivity contribution in [3.8, 4) is 0 Å². The third kappa shape index (κ3) is 2.15. The molecule has 1 N–H and O–H groups in total. The summed E-state index contributed by atoms with van der Waals surface area (Å²) < 4.78 is 1.27. The lowest BCUT2D eigenvalue weighted by molar-refractivity contribution is 0.806. The average molecular weight is 272 g/mol. The number of nitrogens with one attached hydrogen (secondary N) is 1. The summed E-state index contributed by atoms with van der Waals surface area (Å²) in [5.41, 5.74) is 2.89. The van der Waals surface area contributed by atoms with Crippen LogP contribution in [0, 0.1) is 0 Å². The summed E-state index contributed by atoms with van der Waals surface area (Å²) in [7, 11) is 1.99. The van der Waals surface area contributed by atoms with Crippen LogP contribution in [0.25, 0.3) is 0 Å². The Labute approximate surface area is 97.8 Å². The Bertz CT molecular complexity index is 338. The Hall–Kier alpha value is 0.01000. The Morgan fingerprint density at radius 1 is 1.50 bits per heavy atom. The molecule has 0 bridgehead atoms. The smallest absolute Gasteiger partial charge is 0.0317 e. The topological polar surface area (TPSA) is 12.0 Å². The predicted molar refractivity (Wildman–Crippen MR) is 66.0 cm³/mol. The van der Waals surface area contributed by atoms with E-state index in [1.165, 1.54) is 39.1 Å². The van der Waals surface area contributed by atoms with Gasteiger partial charge in [-0.25, -0.2) is 0 Å². The van der Waals surface area contributed by atoms with E-state index in [9.17, 15) is 0 Å². The van der Waals surface area contributed by atoms with Crippen LogP contribution in [0.2, 0.25) is 0 Å². The maximum Gasteiger partial charge on any atom is 0.0317 e. The first kappa shape index (κ1) is 10.5. The Morgan fingerprint density at radius 3 is 3.14 bits per heavy atom. The summed E-state index contributed by atoms with van der Waals surface area (Å²) in [6.45, 7) is 0.955. The molecule has 14 heavy (non-hydrogen) atoms. The fraction of sp³-hybridized carbons (Fsp3) is 0.455. The highest BCUT2D eigenvalue weighted by molar-refractivity contribution is 9.10. The van der Waals surface area contributed by atoms with Gasteiger partial charge in [-0.3, -0.25) is 0 Å². The van der Waals surface area contributed by atoms with Gasteiger partial charge in [-0.05, 0) is 58.8 Å². The molecule has 1 heterocycles. The summed E-state index contributed by atoms with van der Waals surface area (Å²) in [4.78, 5) is 1.45. The molecule has 0 unspecified atom stereocenters. The number of rotatable bonds is 2. The molecule has 2 rings (SSSR count). The van der Waals surface area contributed by atoms with E-state index in [2.05, 4.69) is 33.4 Å². The van der Waals surface area contributed by atoms with Crippen LogP contribution in [-0.2, 0) is 13.0 Å². The van der Waals surface area contributed by atoms with Crippen LogP contribution in [0.4, 0.5) is 0 Å². The van der Waals surface area contributed by atoms with Crippen LogP contribution in [0.1, 0.15) is 17.5 Å². The van der Waals surface area contributed by atoms with Crippen LogP contribution in [0.15, 0.2) is 21.5 Å². The number of aryl methyl sites for hydroxylation is 1. The van der Waals surface area contributed by atoms with E-state index in [0.717, 1.165) is 6.54 Å². The van der Waals surface area contributed by atoms with Crippen molar-refractivity contribution < 1.29 is 0 Å². The third-order valence-corrected chi connectivity index (χ3v) is 4.55. The fourth-order valence-electron chi connectivity index (χ4n) is 1.80. The Morgan fingerprint density at radius 2 is 2.36 bits per heavy atom. The van der Waals surface area contributed by atoms with E-state index in [-0.39, 0.29) is 0 Å². The highest BCUT2D eigenvalue weighted by Gasteiger charge is 2.13. The molecule has 0 saturated heterocycles. The minimum atomic E-state index is 0.955. The van der Waals surface area contributed by atoms with Crippen LogP contribution in [0.5, 0.6) is 0 Å². The molecule has 0 atom stereocenters. The fourth-order valence-corrected chi connectivity index (χ4v) is 3.73. The molecule has 3 heteroatoms. The molecule has 1 aliphatic rings. The van der Waals surface area contributed by atoms with Crippen molar-refractivity contribution in [3.05, 3.63) is 27.7 Å². The van der Waals surface area contributed by atoms with Crippen molar-refractivity contribution in [2.24, 2.45) is 0 Å². The molecule has 1 aromatic carbocycles. The third-order valence-electron chi connectivity index (χ3n) is 2.40. The normalized spacial score (nSPS) is 15.3. The van der Waals surface area contributed by atoms with Gasteiger partial charge in [0.1, 0.15) is 0 Å². The van der Waals surface area contributed by atoms with E-state index in [0.29, 0.717) is 0 Å². The molecular weight excluding hydrogens is 258 g/mol. The zero-order valence-electron chi connectivity index (χ0n) is 8.27. The van der Waals surface area contributed by atoms with Crippen molar-refractivity contribution in [3.63, 3.8) is 0 Å². The minimum Gasteiger partial charge on any atom is -0.316 e. The molecule has 0 aliphatic carbocycles. The number of thioether (sulfide) groups is 1. The molecule has 0 saturated carbocycles. The maximum atomic E-state index is 3.65. The summed E-state index contributed by atoms with van der Waals surface area (Å²) in [6, 6.07) is 4.57. The van der Waals surface area contributed by atoms with Gasteiger partial charge in [0.15, 0.2) is 0 Å². The van der Waals surface area contributed by atoms with E-state index in [1.54, 1.807) is 0 Å². The van der Waals surface area contributed by atoms with Gasteiger partial charge >= 0.3 is 0 Å². The van der Waals surface area contributed by atoms with Gasteiger partial charge in [0.25, 0.3) is 0 Å². The molecule has 1 aromatic rings. The molecule has 0 radical (unpaired) electrons. The van der Waals surface area contributed by atoms with Gasteiger partial charge in [-0.2, -0.15) is 0 Å². The van der Waals surface area contributed by atoms with E-state index >= 15 is 0 Å². The van der Waals surface area contributed by atoms with Crippen molar-refractivity contribution >= 4 is 27.7 Å². The molecule has 0 fully saturated rings. The lowest BCUT2D eigenvalue weighted by Gasteiger charge is -2.18. The standard InChI is InChI=1S/C11H14BrNS/c1-13-7-8-5-9-3-2-4-14-11(9)10(12)6-8/h5-6,13H,2-4,7H2,1H3. The summed E-state index contributed by atoms with van der Waals surface area (Å²) in [5, 5.41) is 3.19. The van der Waals surface area contributed by atoms with Gasteiger partial charge in [-0.15, -0.1) is 11.8 Å². The van der Waals surface area contributed by atoms with Crippen LogP contribution in [0.3, 0.4) is 0 Å². The van der Waals surface area contributed by atoms with Crippen molar-refractivity contribution in [2.75, 3.05) is 12.8 Å². The summed E-state index contributed by atoms with van der Waals surface area (Å²) in [5.74, 6) is 1.26. The van der Waals surface area contributed by atoms with E-state index < -0.39 is 0 Å². The lowest BCUT2D eigenvalue weighted by atomic mass is 10.1. The highest BCUT2D eigenvalue weighted by Crippen LogP contribution is 2.36. The largest absolute Gasteiger partial charge is 0.316 e. The van der Waals surface area contributed by atoms with Crippen LogP contribution in [-0.4, -0.2) is 12.8 Å². The Balaban J connectivity index is 2.36. The number of halogens is 1. The molecule has 1 aliphatic heterocycles. The second-order valence-electron chi connectivity index (χ2n) is 3.55. The molecule has 0 spiro atoms. The van der Waals surface area contributed by atoms with E-state index in [4.69, 9.17) is 0 Å². The number of benzene rings is 1. The van der Waals surface area contributed by atoms with Gasteiger partial charge in [0, 0.05) is 15.9 Å². The number of hydrogen-bond donors (Lipinski definition) is 1. The summed E-state index contributed by atoms with van der Waals surface area (Å²) in [6.07, 6.45) is 2.55. The molecule has 0 aromatic heterocycles. The van der Waals surface area contributed by atoms with Gasteiger partial charge in [-0.1, -0.05) is 6.07 Å². The van der Waals surface area contributed by atoms with Crippen molar-refractivity contribution in [1.82, 2.24) is 5.32 Å². The van der Waals surface area contributed by atoms with Gasteiger partial charge < -0.3 is 5.32 Å². The quantitative estimate of drug-likeness (QED) is 0.887. The second-order valence-corrected chi connectivity index (χ2v) is 5.51. The number of fused-ring (bicyclic) bond motifs is 1. The van der Waals surface area contributed by atoms with Crippen molar-refractivity contribution in [2.45, 2.75) is 24.3 Å². The first-order valence-electron chi connectivity index (χ1n) is 4.90. The molecule has 0 amide bonds. The minimum absolute atomic E-state index is 0.955. The SMILES string of the molecule is CNCc1cc(Br)c2c(c1)CCCS2. The first-order valence-corrected chi connectivity index (χ1v) is 6.68.